The van der Waals surface area contributed by atoms with E-state index in [-0.39, 0.29) is 9.83 Å². The summed E-state index contributed by atoms with van der Waals surface area (Å²) in [4.78, 5) is 0. The van der Waals surface area contributed by atoms with Gasteiger partial charge >= 0.3 is 9.15 Å². The van der Waals surface area contributed by atoms with Crippen LogP contribution >= 0.6 is 29.4 Å². The lowest BCUT2D eigenvalue weighted by atomic mass is 11.9. The molecule has 0 rings (SSSR count). The van der Waals surface area contributed by atoms with Gasteiger partial charge in [-0.25, -0.2) is 0 Å². The molecule has 7 heteroatoms. The third-order valence-corrected chi connectivity index (χ3v) is 2.54. The summed E-state index contributed by atoms with van der Waals surface area (Å²) in [6, 6.07) is 0. The topological polar surface area (TPSA) is 54.4 Å². The number of rotatable bonds is 1. The third kappa shape index (κ3) is 35.8. The summed E-state index contributed by atoms with van der Waals surface area (Å²) in [5.74, 6) is 0. The molecule has 0 saturated heterocycles. The van der Waals surface area contributed by atoms with Gasteiger partial charge in [-0.3, -0.25) is 4.55 Å². The largest absolute Gasteiger partial charge is 0.329 e. The quantitative estimate of drug-likeness (QED) is 0.307. The summed E-state index contributed by atoms with van der Waals surface area (Å²) < 4.78 is 26.6. The van der Waals surface area contributed by atoms with Crippen LogP contribution in [0.15, 0.2) is 0 Å². The van der Waals surface area contributed by atoms with Crippen molar-refractivity contribution in [3.63, 3.8) is 0 Å². The van der Waals surface area contributed by atoms with E-state index in [0.29, 0.717) is 7.92 Å². The van der Waals surface area contributed by atoms with Gasteiger partial charge in [-0.15, -0.1) is 7.92 Å². The molecule has 0 amide bonds. The zero-order chi connectivity index (χ0) is 8.78. The van der Waals surface area contributed by atoms with Gasteiger partial charge in [-0.05, 0) is 20.0 Å². The van der Waals surface area contributed by atoms with Crippen LogP contribution in [0.3, 0.4) is 0 Å². The lowest BCUT2D eigenvalue weighted by Crippen LogP contribution is -1.82. The first-order valence-corrected chi connectivity index (χ1v) is 8.72. The highest BCUT2D eigenvalue weighted by molar-refractivity contribution is 9.01. The van der Waals surface area contributed by atoms with Crippen LogP contribution in [0.25, 0.3) is 0 Å². The molecule has 0 unspecified atom stereocenters. The molecule has 1 N–H and O–H groups in total. The molecule has 0 bridgehead atoms. The first kappa shape index (κ1) is 13.6. The van der Waals surface area contributed by atoms with E-state index < -0.39 is 9.15 Å². The molecular formula is C3H11O3PS3. The number of hydrogen-bond donors (Lipinski definition) is 2. The van der Waals surface area contributed by atoms with Crippen LogP contribution in [0.2, 0.25) is 0 Å². The van der Waals surface area contributed by atoms with Crippen LogP contribution in [-0.4, -0.2) is 33.0 Å². The molecule has 0 aliphatic carbocycles. The van der Waals surface area contributed by atoms with Crippen molar-refractivity contribution in [3.05, 3.63) is 0 Å². The van der Waals surface area contributed by atoms with E-state index in [1.54, 1.807) is 0 Å². The van der Waals surface area contributed by atoms with E-state index in [1.165, 1.54) is 0 Å². The average molecular weight is 222 g/mol. The molecule has 0 aliphatic rings. The van der Waals surface area contributed by atoms with E-state index in [9.17, 15) is 8.42 Å². The molecule has 0 fully saturated rings. The van der Waals surface area contributed by atoms with Crippen molar-refractivity contribution in [1.82, 2.24) is 0 Å². The highest BCUT2D eigenvalue weighted by Gasteiger charge is 1.96. The zero-order valence-electron chi connectivity index (χ0n) is 5.97. The molecule has 0 aromatic heterocycles. The first-order valence-electron chi connectivity index (χ1n) is 2.21. The summed E-state index contributed by atoms with van der Waals surface area (Å²) in [6.07, 6.45) is 0. The summed E-state index contributed by atoms with van der Waals surface area (Å²) in [6.45, 7) is 6.69. The summed E-state index contributed by atoms with van der Waals surface area (Å²) in [5.41, 5.74) is 0. The fourth-order valence-electron chi connectivity index (χ4n) is 0. The van der Waals surface area contributed by atoms with Crippen molar-refractivity contribution in [3.8, 4) is 0 Å². The van der Waals surface area contributed by atoms with E-state index >= 15 is 0 Å². The molecule has 0 saturated carbocycles. The van der Waals surface area contributed by atoms with Gasteiger partial charge in [-0.2, -0.15) is 8.42 Å². The van der Waals surface area contributed by atoms with E-state index in [0.717, 1.165) is 0 Å². The standard InChI is InChI=1S/C3H9P.H2O3S3/c1-4(2)3;1-6(2,3)5-4/h1-3H3;4H,(H,1,2,3). The summed E-state index contributed by atoms with van der Waals surface area (Å²) in [5, 5.41) is 0. The summed E-state index contributed by atoms with van der Waals surface area (Å²) >= 11 is 3.18. The Kier molecular flexibility index (Phi) is 9.17. The van der Waals surface area contributed by atoms with Crippen LogP contribution in [0.5, 0.6) is 0 Å². The Morgan fingerprint density at radius 2 is 1.50 bits per heavy atom. The Hall–Kier alpha value is 1.04. The molecule has 64 valence electrons. The van der Waals surface area contributed by atoms with Gasteiger partial charge in [0.15, 0.2) is 0 Å². The van der Waals surface area contributed by atoms with Gasteiger partial charge in [0.1, 0.15) is 0 Å². The molecule has 0 heterocycles. The molecule has 0 aliphatic heterocycles. The van der Waals surface area contributed by atoms with Gasteiger partial charge in [0.05, 0.1) is 9.83 Å². The van der Waals surface area contributed by atoms with Gasteiger partial charge in [-0.1, -0.05) is 11.7 Å². The lowest BCUT2D eigenvalue weighted by molar-refractivity contribution is 0.503. The van der Waals surface area contributed by atoms with Gasteiger partial charge in [0.25, 0.3) is 0 Å². The van der Waals surface area contributed by atoms with Gasteiger partial charge < -0.3 is 0 Å². The van der Waals surface area contributed by atoms with Crippen molar-refractivity contribution in [1.29, 1.82) is 0 Å². The molecule has 0 aromatic rings. The van der Waals surface area contributed by atoms with Crippen LogP contribution in [0.4, 0.5) is 0 Å². The normalized spacial score (nSPS) is 10.6. The van der Waals surface area contributed by atoms with Crippen LogP contribution < -0.4 is 0 Å². The molecule has 10 heavy (non-hydrogen) atoms. The fourth-order valence-corrected chi connectivity index (χ4v) is 0. The monoisotopic (exact) mass is 222 g/mol. The molecule has 0 atom stereocenters. The minimum absolute atomic E-state index is 0.104. The van der Waals surface area contributed by atoms with E-state index in [4.69, 9.17) is 4.55 Å². The highest BCUT2D eigenvalue weighted by Crippen LogP contribution is 2.14. The Balaban J connectivity index is 0. The maximum Gasteiger partial charge on any atom is 0.329 e. The SMILES string of the molecule is CP(C)C.O=S(=O)(O)SS. The summed E-state index contributed by atoms with van der Waals surface area (Å²) in [7, 11) is -3.40. The third-order valence-electron chi connectivity index (χ3n) is 0.0942. The molecule has 0 aromatic carbocycles. The number of hydrogen-bond acceptors (Lipinski definition) is 4. The van der Waals surface area contributed by atoms with Gasteiger partial charge in [0, 0.05) is 0 Å². The van der Waals surface area contributed by atoms with Gasteiger partial charge in [0.2, 0.25) is 0 Å². The van der Waals surface area contributed by atoms with Crippen LogP contribution in [0.1, 0.15) is 0 Å². The predicted molar refractivity (Wildman–Crippen MR) is 52.8 cm³/mol. The Bertz CT molecular complexity index is 150. The van der Waals surface area contributed by atoms with Crippen LogP contribution in [-0.2, 0) is 9.15 Å². The average Bonchev–Trinajstić information content (AvgIpc) is 1.63. The Labute approximate surface area is 71.7 Å². The second-order valence-electron chi connectivity index (χ2n) is 1.84. The molecule has 0 spiro atoms. The maximum absolute atomic E-state index is 9.44. The van der Waals surface area contributed by atoms with E-state index in [2.05, 4.69) is 31.7 Å². The predicted octanol–water partition coefficient (Wildman–Crippen LogP) is 1.72. The van der Waals surface area contributed by atoms with Crippen molar-refractivity contribution < 1.29 is 13.0 Å². The van der Waals surface area contributed by atoms with Crippen molar-refractivity contribution in [2.75, 3.05) is 20.0 Å². The van der Waals surface area contributed by atoms with Crippen LogP contribution in [0, 0.1) is 0 Å². The Morgan fingerprint density at radius 3 is 1.50 bits per heavy atom. The second kappa shape index (κ2) is 6.73. The van der Waals surface area contributed by atoms with E-state index in [1.807, 2.05) is 0 Å². The number of thiol groups is 1. The molecular weight excluding hydrogens is 211 g/mol. The Morgan fingerprint density at radius 1 is 1.40 bits per heavy atom. The fraction of sp³-hybridized carbons (Fsp3) is 1.00. The van der Waals surface area contributed by atoms with Crippen molar-refractivity contribution in [2.45, 2.75) is 0 Å². The molecule has 3 nitrogen and oxygen atoms in total. The lowest BCUT2D eigenvalue weighted by Gasteiger charge is -1.81. The maximum atomic E-state index is 9.44. The second-order valence-corrected chi connectivity index (χ2v) is 8.58. The highest BCUT2D eigenvalue weighted by atomic mass is 33.5. The first-order chi connectivity index (χ1) is 4.29. The minimum atomic E-state index is -3.88. The molecule has 0 radical (unpaired) electrons. The zero-order valence-corrected chi connectivity index (χ0v) is 9.40. The minimum Gasteiger partial charge on any atom is -0.277 e. The van der Waals surface area contributed by atoms with Crippen molar-refractivity contribution >= 4 is 38.6 Å². The smallest absolute Gasteiger partial charge is 0.277 e. The van der Waals surface area contributed by atoms with Crippen molar-refractivity contribution in [2.24, 2.45) is 0 Å².